The van der Waals surface area contributed by atoms with Gasteiger partial charge in [-0.2, -0.15) is 5.10 Å². The van der Waals surface area contributed by atoms with E-state index in [0.717, 1.165) is 46.2 Å². The summed E-state index contributed by atoms with van der Waals surface area (Å²) in [5.74, 6) is 2.49. The van der Waals surface area contributed by atoms with Gasteiger partial charge < -0.3 is 9.47 Å². The molecule has 0 amide bonds. The number of aromatic nitrogens is 2. The van der Waals surface area contributed by atoms with Gasteiger partial charge in [-0.3, -0.25) is 0 Å². The highest BCUT2D eigenvalue weighted by molar-refractivity contribution is 5.81. The minimum atomic E-state index is 0.562. The Hall–Kier alpha value is -3.27. The highest BCUT2D eigenvalue weighted by Gasteiger charge is 2.22. The summed E-state index contributed by atoms with van der Waals surface area (Å²) < 4.78 is 13.8. The maximum absolute atomic E-state index is 5.93. The molecular weight excluding hydrogens is 348 g/mol. The van der Waals surface area contributed by atoms with E-state index >= 15 is 0 Å². The summed E-state index contributed by atoms with van der Waals surface area (Å²) in [6.07, 6.45) is 4.47. The molecule has 5 rings (SSSR count). The zero-order chi connectivity index (χ0) is 18.8. The van der Waals surface area contributed by atoms with Crippen LogP contribution < -0.4 is 9.47 Å². The van der Waals surface area contributed by atoms with Gasteiger partial charge in [0.1, 0.15) is 18.1 Å². The third-order valence-electron chi connectivity index (χ3n) is 5.05. The van der Waals surface area contributed by atoms with Crippen LogP contribution in [0.4, 0.5) is 0 Å². The highest BCUT2D eigenvalue weighted by Crippen LogP contribution is 2.30. The van der Waals surface area contributed by atoms with Crippen LogP contribution in [0, 0.1) is 5.92 Å². The van der Waals surface area contributed by atoms with Crippen LogP contribution in [0.2, 0.25) is 0 Å². The topological polar surface area (TPSA) is 36.3 Å². The van der Waals surface area contributed by atoms with Crippen LogP contribution in [-0.2, 0) is 6.61 Å². The second-order valence-electron chi connectivity index (χ2n) is 7.30. The summed E-state index contributed by atoms with van der Waals surface area (Å²) >= 11 is 0. The lowest BCUT2D eigenvalue weighted by molar-refractivity contribution is 0.300. The first-order chi connectivity index (χ1) is 13.8. The Labute approximate surface area is 164 Å². The molecule has 4 nitrogen and oxygen atoms in total. The first kappa shape index (κ1) is 16.9. The first-order valence-electron chi connectivity index (χ1n) is 9.73. The molecule has 0 aliphatic heterocycles. The Morgan fingerprint density at radius 1 is 0.857 bits per heavy atom. The number of hydrogen-bond acceptors (Lipinski definition) is 3. The molecule has 1 aromatic heterocycles. The van der Waals surface area contributed by atoms with Gasteiger partial charge in [0.05, 0.1) is 24.0 Å². The molecule has 0 atom stereocenters. The molecule has 28 heavy (non-hydrogen) atoms. The van der Waals surface area contributed by atoms with Crippen molar-refractivity contribution in [1.82, 2.24) is 9.78 Å². The van der Waals surface area contributed by atoms with E-state index in [9.17, 15) is 0 Å². The number of nitrogens with zero attached hydrogens (tertiary/aromatic N) is 2. The van der Waals surface area contributed by atoms with Gasteiger partial charge in [0.15, 0.2) is 0 Å². The number of fused-ring (bicyclic) bond motifs is 1. The molecule has 140 valence electrons. The predicted octanol–water partition coefficient (Wildman–Crippen LogP) is 5.39. The smallest absolute Gasteiger partial charge is 0.121 e. The van der Waals surface area contributed by atoms with Crippen molar-refractivity contribution in [2.45, 2.75) is 19.4 Å². The van der Waals surface area contributed by atoms with Crippen molar-refractivity contribution >= 4 is 10.9 Å². The van der Waals surface area contributed by atoms with Gasteiger partial charge in [-0.05, 0) is 60.7 Å². The van der Waals surface area contributed by atoms with Crippen molar-refractivity contribution in [3.8, 4) is 17.2 Å². The number of rotatable bonds is 7. The van der Waals surface area contributed by atoms with Crippen molar-refractivity contribution in [3.63, 3.8) is 0 Å². The standard InChI is InChI=1S/C24H22N2O2/c1-2-4-18(5-3-1)16-27-22-12-9-21(10-13-22)26-24-14-23(28-17-19-6-7-19)11-8-20(24)15-25-26/h1-5,8-15,19H,6-7,16-17H2. The molecule has 1 aliphatic carbocycles. The number of ether oxygens (including phenoxy) is 2. The van der Waals surface area contributed by atoms with Gasteiger partial charge in [0, 0.05) is 11.5 Å². The largest absolute Gasteiger partial charge is 0.493 e. The molecule has 1 saturated carbocycles. The van der Waals surface area contributed by atoms with E-state index in [-0.39, 0.29) is 0 Å². The normalized spacial score (nSPS) is 13.6. The fraction of sp³-hybridized carbons (Fsp3) is 0.208. The van der Waals surface area contributed by atoms with Gasteiger partial charge in [-0.25, -0.2) is 4.68 Å². The van der Waals surface area contributed by atoms with Crippen LogP contribution >= 0.6 is 0 Å². The third-order valence-corrected chi connectivity index (χ3v) is 5.05. The summed E-state index contributed by atoms with van der Waals surface area (Å²) in [4.78, 5) is 0. The van der Waals surface area contributed by atoms with E-state index in [0.29, 0.717) is 6.61 Å². The Morgan fingerprint density at radius 3 is 2.43 bits per heavy atom. The maximum atomic E-state index is 5.93. The lowest BCUT2D eigenvalue weighted by Crippen LogP contribution is -2.00. The summed E-state index contributed by atoms with van der Waals surface area (Å²) in [7, 11) is 0. The fourth-order valence-electron chi connectivity index (χ4n) is 3.22. The molecule has 1 heterocycles. The first-order valence-corrected chi connectivity index (χ1v) is 9.73. The van der Waals surface area contributed by atoms with Crippen molar-refractivity contribution in [1.29, 1.82) is 0 Å². The van der Waals surface area contributed by atoms with E-state index in [1.807, 2.05) is 59.4 Å². The van der Waals surface area contributed by atoms with Crippen molar-refractivity contribution in [2.75, 3.05) is 6.61 Å². The minimum absolute atomic E-state index is 0.562. The summed E-state index contributed by atoms with van der Waals surface area (Å²) in [5, 5.41) is 5.66. The molecule has 0 radical (unpaired) electrons. The quantitative estimate of drug-likeness (QED) is 0.437. The van der Waals surface area contributed by atoms with Gasteiger partial charge >= 0.3 is 0 Å². The van der Waals surface area contributed by atoms with Gasteiger partial charge in [0.25, 0.3) is 0 Å². The summed E-state index contributed by atoms with van der Waals surface area (Å²) in [6, 6.07) is 24.4. The molecule has 4 heteroatoms. The van der Waals surface area contributed by atoms with E-state index < -0.39 is 0 Å². The fourth-order valence-corrected chi connectivity index (χ4v) is 3.22. The predicted molar refractivity (Wildman–Crippen MR) is 110 cm³/mol. The summed E-state index contributed by atoms with van der Waals surface area (Å²) in [5.41, 5.74) is 3.20. The van der Waals surface area contributed by atoms with E-state index in [1.54, 1.807) is 0 Å². The lowest BCUT2D eigenvalue weighted by atomic mass is 10.2. The zero-order valence-corrected chi connectivity index (χ0v) is 15.6. The molecule has 0 spiro atoms. The molecule has 0 unspecified atom stereocenters. The molecule has 0 saturated heterocycles. The highest BCUT2D eigenvalue weighted by atomic mass is 16.5. The van der Waals surface area contributed by atoms with Crippen LogP contribution in [0.5, 0.6) is 11.5 Å². The van der Waals surface area contributed by atoms with Crippen LogP contribution in [-0.4, -0.2) is 16.4 Å². The molecule has 1 aliphatic rings. The zero-order valence-electron chi connectivity index (χ0n) is 15.6. The van der Waals surface area contributed by atoms with E-state index in [4.69, 9.17) is 9.47 Å². The van der Waals surface area contributed by atoms with Crippen LogP contribution in [0.25, 0.3) is 16.6 Å². The van der Waals surface area contributed by atoms with Crippen LogP contribution in [0.1, 0.15) is 18.4 Å². The molecular formula is C24H22N2O2. The maximum Gasteiger partial charge on any atom is 0.121 e. The van der Waals surface area contributed by atoms with E-state index in [2.05, 4.69) is 29.4 Å². The van der Waals surface area contributed by atoms with E-state index in [1.165, 1.54) is 12.8 Å². The number of benzene rings is 3. The molecule has 3 aromatic carbocycles. The Bertz CT molecular complexity index is 1070. The summed E-state index contributed by atoms with van der Waals surface area (Å²) in [6.45, 7) is 1.37. The second-order valence-corrected chi connectivity index (χ2v) is 7.30. The molecule has 0 N–H and O–H groups in total. The average Bonchev–Trinajstić information content (AvgIpc) is 3.49. The Morgan fingerprint density at radius 2 is 1.64 bits per heavy atom. The Kier molecular flexibility index (Phi) is 4.45. The third kappa shape index (κ3) is 3.72. The molecule has 0 bridgehead atoms. The number of hydrogen-bond donors (Lipinski definition) is 0. The van der Waals surface area contributed by atoms with Crippen molar-refractivity contribution < 1.29 is 9.47 Å². The van der Waals surface area contributed by atoms with Crippen molar-refractivity contribution in [3.05, 3.63) is 84.6 Å². The molecule has 1 fully saturated rings. The van der Waals surface area contributed by atoms with Crippen LogP contribution in [0.3, 0.4) is 0 Å². The lowest BCUT2D eigenvalue weighted by Gasteiger charge is -2.09. The minimum Gasteiger partial charge on any atom is -0.493 e. The van der Waals surface area contributed by atoms with Crippen LogP contribution in [0.15, 0.2) is 79.0 Å². The van der Waals surface area contributed by atoms with Gasteiger partial charge in [-0.1, -0.05) is 30.3 Å². The average molecular weight is 370 g/mol. The van der Waals surface area contributed by atoms with Gasteiger partial charge in [0.2, 0.25) is 0 Å². The second kappa shape index (κ2) is 7.39. The van der Waals surface area contributed by atoms with Crippen molar-refractivity contribution in [2.24, 2.45) is 5.92 Å². The SMILES string of the molecule is c1ccc(COc2ccc(-n3ncc4ccc(OCC5CC5)cc43)cc2)cc1. The Balaban J connectivity index is 1.33. The monoisotopic (exact) mass is 370 g/mol. The molecule has 4 aromatic rings. The van der Waals surface area contributed by atoms with Gasteiger partial charge in [-0.15, -0.1) is 0 Å².